The van der Waals surface area contributed by atoms with E-state index in [1.54, 1.807) is 12.1 Å². The van der Waals surface area contributed by atoms with Crippen molar-refractivity contribution in [1.82, 2.24) is 0 Å². The number of cyclic esters (lactones) is 1. The molecule has 0 spiro atoms. The molecule has 2 heterocycles. The third kappa shape index (κ3) is 3.32. The number of anilines is 2. The molecule has 122 valence electrons. The number of carbonyl (C=O) groups excluding carboxylic acids is 1. The molecule has 2 saturated heterocycles. The van der Waals surface area contributed by atoms with Crippen LogP contribution >= 0.6 is 0 Å². The first-order chi connectivity index (χ1) is 11.2. The molecule has 0 aromatic heterocycles. The van der Waals surface area contributed by atoms with Gasteiger partial charge in [-0.05, 0) is 43.0 Å². The number of amides is 1. The molecule has 2 aliphatic heterocycles. The molecular formula is C15H18FN5O2. The van der Waals surface area contributed by atoms with Crippen molar-refractivity contribution >= 4 is 17.5 Å². The minimum atomic E-state index is -0.548. The van der Waals surface area contributed by atoms with E-state index in [0.717, 1.165) is 25.9 Å². The molecule has 2 fully saturated rings. The zero-order chi connectivity index (χ0) is 16.2. The van der Waals surface area contributed by atoms with E-state index in [1.165, 1.54) is 17.4 Å². The Kier molecular flexibility index (Phi) is 4.52. The lowest BCUT2D eigenvalue weighted by Crippen LogP contribution is -2.30. The summed E-state index contributed by atoms with van der Waals surface area (Å²) in [5, 5.41) is 3.41. The summed E-state index contributed by atoms with van der Waals surface area (Å²) >= 11 is 0. The van der Waals surface area contributed by atoms with Gasteiger partial charge in [0.2, 0.25) is 0 Å². The Bertz CT molecular complexity index is 641. The second-order valence-corrected chi connectivity index (χ2v) is 5.71. The Morgan fingerprint density at radius 1 is 1.35 bits per heavy atom. The van der Waals surface area contributed by atoms with E-state index in [-0.39, 0.29) is 18.9 Å². The summed E-state index contributed by atoms with van der Waals surface area (Å²) in [6.45, 7) is 2.04. The third-order valence-corrected chi connectivity index (χ3v) is 4.16. The molecule has 8 heteroatoms. The maximum absolute atomic E-state index is 14.4. The Labute approximate surface area is 133 Å². The molecule has 0 N–H and O–H groups in total. The van der Waals surface area contributed by atoms with Crippen LogP contribution < -0.4 is 9.80 Å². The first-order valence-corrected chi connectivity index (χ1v) is 7.72. The molecule has 0 unspecified atom stereocenters. The van der Waals surface area contributed by atoms with E-state index in [4.69, 9.17) is 10.3 Å². The number of hydrogen-bond acceptors (Lipinski definition) is 4. The van der Waals surface area contributed by atoms with E-state index in [1.807, 2.05) is 4.90 Å². The van der Waals surface area contributed by atoms with Crippen molar-refractivity contribution in [2.75, 3.05) is 36.0 Å². The summed E-state index contributed by atoms with van der Waals surface area (Å²) in [7, 11) is 0. The van der Waals surface area contributed by atoms with E-state index >= 15 is 0 Å². The largest absolute Gasteiger partial charge is 0.444 e. The van der Waals surface area contributed by atoms with Gasteiger partial charge in [-0.25, -0.2) is 9.18 Å². The van der Waals surface area contributed by atoms with Crippen LogP contribution in [-0.2, 0) is 4.74 Å². The molecular weight excluding hydrogens is 301 g/mol. The van der Waals surface area contributed by atoms with Crippen LogP contribution in [-0.4, -0.2) is 38.4 Å². The van der Waals surface area contributed by atoms with Crippen LogP contribution in [0.15, 0.2) is 23.3 Å². The van der Waals surface area contributed by atoms with E-state index < -0.39 is 12.2 Å². The van der Waals surface area contributed by atoms with Crippen LogP contribution in [0.25, 0.3) is 10.4 Å². The Balaban J connectivity index is 1.74. The molecule has 0 saturated carbocycles. The van der Waals surface area contributed by atoms with Gasteiger partial charge >= 0.3 is 6.09 Å². The van der Waals surface area contributed by atoms with Crippen LogP contribution in [0.3, 0.4) is 0 Å². The molecule has 0 aliphatic carbocycles. The smallest absolute Gasteiger partial charge is 0.414 e. The molecule has 23 heavy (non-hydrogen) atoms. The Morgan fingerprint density at radius 2 is 2.13 bits per heavy atom. The molecule has 0 bridgehead atoms. The van der Waals surface area contributed by atoms with Gasteiger partial charge in [0.25, 0.3) is 0 Å². The van der Waals surface area contributed by atoms with E-state index in [9.17, 15) is 9.18 Å². The highest BCUT2D eigenvalue weighted by Crippen LogP contribution is 2.29. The standard InChI is InChI=1S/C15H18FN5O2/c16-13-8-11(4-5-14(13)20-6-2-1-3-7-20)21-10-12(9-18-19-17)23-15(21)22/h4-5,8,12H,1-3,6-7,9-10H2/t12-/m0/s1. The van der Waals surface area contributed by atoms with Crippen molar-refractivity contribution in [2.45, 2.75) is 25.4 Å². The first-order valence-electron chi connectivity index (χ1n) is 7.72. The summed E-state index contributed by atoms with van der Waals surface area (Å²) in [6, 6.07) is 4.80. The predicted molar refractivity (Wildman–Crippen MR) is 84.1 cm³/mol. The minimum Gasteiger partial charge on any atom is -0.444 e. The lowest BCUT2D eigenvalue weighted by molar-refractivity contribution is 0.145. The van der Waals surface area contributed by atoms with Crippen LogP contribution in [0, 0.1) is 5.82 Å². The molecule has 1 amide bonds. The fourth-order valence-electron chi connectivity index (χ4n) is 3.01. The highest BCUT2D eigenvalue weighted by molar-refractivity contribution is 5.90. The number of benzene rings is 1. The fraction of sp³-hybridized carbons (Fsp3) is 0.533. The number of carbonyl (C=O) groups is 1. The van der Waals surface area contributed by atoms with Crippen molar-refractivity contribution in [3.63, 3.8) is 0 Å². The zero-order valence-corrected chi connectivity index (χ0v) is 12.7. The third-order valence-electron chi connectivity index (χ3n) is 4.16. The van der Waals surface area contributed by atoms with Gasteiger partial charge in [-0.3, -0.25) is 4.90 Å². The van der Waals surface area contributed by atoms with Gasteiger partial charge in [0.1, 0.15) is 11.9 Å². The molecule has 1 atom stereocenters. The number of nitrogens with zero attached hydrogens (tertiary/aromatic N) is 5. The molecule has 1 aromatic carbocycles. The molecule has 1 aromatic rings. The number of hydrogen-bond donors (Lipinski definition) is 0. The van der Waals surface area contributed by atoms with Crippen molar-refractivity contribution < 1.29 is 13.9 Å². The lowest BCUT2D eigenvalue weighted by Gasteiger charge is -2.29. The fourth-order valence-corrected chi connectivity index (χ4v) is 3.01. The number of azide groups is 1. The number of halogens is 1. The van der Waals surface area contributed by atoms with Crippen LogP contribution in [0.1, 0.15) is 19.3 Å². The first kappa shape index (κ1) is 15.4. The highest BCUT2D eigenvalue weighted by Gasteiger charge is 2.32. The maximum atomic E-state index is 14.4. The van der Waals surface area contributed by atoms with Gasteiger partial charge in [0, 0.05) is 18.0 Å². The van der Waals surface area contributed by atoms with Gasteiger partial charge in [-0.2, -0.15) is 0 Å². The van der Waals surface area contributed by atoms with Crippen molar-refractivity contribution in [1.29, 1.82) is 0 Å². The second-order valence-electron chi connectivity index (χ2n) is 5.71. The van der Waals surface area contributed by atoms with Crippen LogP contribution in [0.5, 0.6) is 0 Å². The maximum Gasteiger partial charge on any atom is 0.414 e. The predicted octanol–water partition coefficient (Wildman–Crippen LogP) is 3.45. The summed E-state index contributed by atoms with van der Waals surface area (Å²) in [5.74, 6) is -0.337. The van der Waals surface area contributed by atoms with Gasteiger partial charge in [0.15, 0.2) is 0 Å². The van der Waals surface area contributed by atoms with Gasteiger partial charge < -0.3 is 9.64 Å². The monoisotopic (exact) mass is 319 g/mol. The zero-order valence-electron chi connectivity index (χ0n) is 12.7. The quantitative estimate of drug-likeness (QED) is 0.484. The summed E-state index contributed by atoms with van der Waals surface area (Å²) in [5.41, 5.74) is 9.35. The van der Waals surface area contributed by atoms with Gasteiger partial charge in [0.05, 0.1) is 24.5 Å². The minimum absolute atomic E-state index is 0.0765. The number of rotatable bonds is 4. The molecule has 3 rings (SSSR count). The van der Waals surface area contributed by atoms with Crippen molar-refractivity contribution in [2.24, 2.45) is 5.11 Å². The number of piperidine rings is 1. The second kappa shape index (κ2) is 6.75. The van der Waals surface area contributed by atoms with E-state index in [2.05, 4.69) is 10.0 Å². The Hall–Kier alpha value is -2.47. The lowest BCUT2D eigenvalue weighted by atomic mass is 10.1. The van der Waals surface area contributed by atoms with E-state index in [0.29, 0.717) is 11.4 Å². The average Bonchev–Trinajstić information content (AvgIpc) is 2.94. The van der Waals surface area contributed by atoms with Crippen molar-refractivity contribution in [3.05, 3.63) is 34.5 Å². The summed E-state index contributed by atoms with van der Waals surface area (Å²) < 4.78 is 19.5. The number of ether oxygens (including phenoxy) is 1. The van der Waals surface area contributed by atoms with Gasteiger partial charge in [-0.15, -0.1) is 0 Å². The highest BCUT2D eigenvalue weighted by atomic mass is 19.1. The molecule has 7 nitrogen and oxygen atoms in total. The Morgan fingerprint density at radius 3 is 2.83 bits per heavy atom. The van der Waals surface area contributed by atoms with Gasteiger partial charge in [-0.1, -0.05) is 5.11 Å². The normalized spacial score (nSPS) is 21.1. The SMILES string of the molecule is [N-]=[N+]=NC[C@H]1CN(c2ccc(N3CCCCC3)c(F)c2)C(=O)O1. The average molecular weight is 319 g/mol. The van der Waals surface area contributed by atoms with Crippen LogP contribution in [0.4, 0.5) is 20.6 Å². The molecule has 2 aliphatic rings. The van der Waals surface area contributed by atoms with Crippen LogP contribution in [0.2, 0.25) is 0 Å². The molecule has 0 radical (unpaired) electrons. The van der Waals surface area contributed by atoms with Crippen molar-refractivity contribution in [3.8, 4) is 0 Å². The summed E-state index contributed by atoms with van der Waals surface area (Å²) in [6.07, 6.45) is 2.28. The summed E-state index contributed by atoms with van der Waals surface area (Å²) in [4.78, 5) is 17.9. The topological polar surface area (TPSA) is 81.5 Å².